The molecule has 4 rings (SSSR count). The molecule has 0 heterocycles. The van der Waals surface area contributed by atoms with Gasteiger partial charge in [-0.2, -0.15) is 0 Å². The molecule has 2 nitrogen and oxygen atoms in total. The molecule has 17 heavy (non-hydrogen) atoms. The van der Waals surface area contributed by atoms with Gasteiger partial charge in [0.15, 0.2) is 0 Å². The van der Waals surface area contributed by atoms with Crippen LogP contribution < -0.4 is 0 Å². The lowest BCUT2D eigenvalue weighted by Gasteiger charge is -2.91. The summed E-state index contributed by atoms with van der Waals surface area (Å²) in [6.07, 6.45) is 5.25. The minimum Gasteiger partial charge on any atom is -0.463 e. The largest absolute Gasteiger partial charge is 0.463 e. The van der Waals surface area contributed by atoms with E-state index in [4.69, 9.17) is 4.74 Å². The molecule has 1 spiro atoms. The van der Waals surface area contributed by atoms with Crippen molar-refractivity contribution >= 4 is 5.97 Å². The highest BCUT2D eigenvalue weighted by atomic mass is 19.1. The molecule has 4 fully saturated rings. The van der Waals surface area contributed by atoms with E-state index in [0.717, 1.165) is 17.8 Å². The highest BCUT2D eigenvalue weighted by Gasteiger charge is 2.87. The third-order valence-corrected chi connectivity index (χ3v) is 6.32. The van der Waals surface area contributed by atoms with Gasteiger partial charge in [0.05, 0.1) is 6.61 Å². The number of hydrogen-bond acceptors (Lipinski definition) is 2. The van der Waals surface area contributed by atoms with Crippen LogP contribution in [0.1, 0.15) is 39.5 Å². The van der Waals surface area contributed by atoms with Gasteiger partial charge in [-0.05, 0) is 62.7 Å². The molecule has 0 N–H and O–H groups in total. The van der Waals surface area contributed by atoms with Gasteiger partial charge in [0, 0.05) is 5.41 Å². The maximum atomic E-state index is 13.4. The number of rotatable bonds is 3. The van der Waals surface area contributed by atoms with E-state index in [1.807, 2.05) is 0 Å². The van der Waals surface area contributed by atoms with Gasteiger partial charge in [0.2, 0.25) is 5.67 Å². The Bertz CT molecular complexity index is 383. The van der Waals surface area contributed by atoms with E-state index >= 15 is 0 Å². The minimum atomic E-state index is -1.85. The molecule has 4 saturated carbocycles. The van der Waals surface area contributed by atoms with Crippen LogP contribution in [0.3, 0.4) is 0 Å². The monoisotopic (exact) mass is 238 g/mol. The Balaban J connectivity index is 1.44. The van der Waals surface area contributed by atoms with Crippen LogP contribution in [-0.4, -0.2) is 18.2 Å². The first kappa shape index (κ1) is 10.3. The van der Waals surface area contributed by atoms with Crippen molar-refractivity contribution < 1.29 is 13.9 Å². The predicted molar refractivity (Wildman–Crippen MR) is 60.0 cm³/mol. The van der Waals surface area contributed by atoms with E-state index in [-0.39, 0.29) is 5.41 Å². The van der Waals surface area contributed by atoms with Crippen LogP contribution in [0.4, 0.5) is 4.39 Å². The highest BCUT2D eigenvalue weighted by Crippen LogP contribution is 2.92. The molecule has 94 valence electrons. The number of ether oxygens (including phenoxy) is 1. The van der Waals surface area contributed by atoms with Crippen LogP contribution in [0, 0.1) is 28.6 Å². The van der Waals surface area contributed by atoms with Crippen molar-refractivity contribution in [3.05, 3.63) is 0 Å². The van der Waals surface area contributed by atoms with Gasteiger partial charge in [0.1, 0.15) is 0 Å². The lowest BCUT2D eigenvalue weighted by atomic mass is 9.13. The summed E-state index contributed by atoms with van der Waals surface area (Å²) in [6.45, 7) is 3.02. The van der Waals surface area contributed by atoms with E-state index in [2.05, 4.69) is 0 Å². The van der Waals surface area contributed by atoms with Crippen molar-refractivity contribution in [2.45, 2.75) is 45.2 Å². The summed E-state index contributed by atoms with van der Waals surface area (Å²) in [6, 6.07) is 0. The molecule has 0 aliphatic heterocycles. The van der Waals surface area contributed by atoms with Crippen LogP contribution in [0.2, 0.25) is 0 Å². The van der Waals surface area contributed by atoms with Crippen molar-refractivity contribution in [1.29, 1.82) is 0 Å². The second-order valence-corrected chi connectivity index (χ2v) is 7.23. The van der Waals surface area contributed by atoms with Gasteiger partial charge in [-0.25, -0.2) is 9.18 Å². The maximum Gasteiger partial charge on any atom is 0.343 e. The Kier molecular flexibility index (Phi) is 1.55. The molecule has 0 bridgehead atoms. The minimum absolute atomic E-state index is 0.268. The number of alkyl halides is 1. The summed E-state index contributed by atoms with van der Waals surface area (Å²) in [7, 11) is 0. The van der Waals surface area contributed by atoms with E-state index < -0.39 is 11.6 Å². The third-order valence-electron chi connectivity index (χ3n) is 6.32. The van der Waals surface area contributed by atoms with Crippen molar-refractivity contribution in [3.63, 3.8) is 0 Å². The van der Waals surface area contributed by atoms with Gasteiger partial charge in [-0.15, -0.1) is 0 Å². The molecule has 3 heteroatoms. The Labute approximate surface area is 101 Å². The molecule has 0 aromatic heterocycles. The number of carbonyl (C=O) groups excluding carboxylic acids is 1. The number of halogens is 1. The summed E-state index contributed by atoms with van der Waals surface area (Å²) in [5, 5.41) is 0. The summed E-state index contributed by atoms with van der Waals surface area (Å²) >= 11 is 0. The molecule has 2 unspecified atom stereocenters. The summed E-state index contributed by atoms with van der Waals surface area (Å²) in [4.78, 5) is 11.5. The van der Waals surface area contributed by atoms with Crippen LogP contribution in [0.5, 0.6) is 0 Å². The Morgan fingerprint density at radius 2 is 1.88 bits per heavy atom. The SMILES string of the molecule is CC(C)(F)C(=O)OCC12CC3CC4CC(C1)C432. The van der Waals surface area contributed by atoms with Crippen molar-refractivity contribution in [3.8, 4) is 0 Å². The lowest BCUT2D eigenvalue weighted by Crippen LogP contribution is -2.86. The molecule has 0 amide bonds. The fourth-order valence-electron chi connectivity index (χ4n) is 5.78. The first-order chi connectivity index (χ1) is 7.90. The van der Waals surface area contributed by atoms with Gasteiger partial charge >= 0.3 is 5.97 Å². The molecule has 0 saturated heterocycles. The zero-order valence-electron chi connectivity index (χ0n) is 10.5. The highest BCUT2D eigenvalue weighted by molar-refractivity contribution is 5.78. The smallest absolute Gasteiger partial charge is 0.343 e. The Hall–Kier alpha value is -0.600. The lowest BCUT2D eigenvalue weighted by molar-refractivity contribution is -0.437. The second-order valence-electron chi connectivity index (χ2n) is 7.23. The standard InChI is InChI=1S/C14H19FO2/c1-12(2,15)11(16)17-7-13-5-9-3-8-4-10(6-13)14(8,9)13/h8-10H,3-7H2,1-2H3. The normalized spacial score (nSPS) is 53.0. The van der Waals surface area contributed by atoms with Crippen molar-refractivity contribution in [1.82, 2.24) is 0 Å². The van der Waals surface area contributed by atoms with Crippen LogP contribution >= 0.6 is 0 Å². The first-order valence-electron chi connectivity index (χ1n) is 6.76. The fourth-order valence-corrected chi connectivity index (χ4v) is 5.78. The van der Waals surface area contributed by atoms with Crippen molar-refractivity contribution in [2.75, 3.05) is 6.61 Å². The Morgan fingerprint density at radius 3 is 2.29 bits per heavy atom. The summed E-state index contributed by atoms with van der Waals surface area (Å²) in [5.74, 6) is 2.05. The predicted octanol–water partition coefficient (Wildman–Crippen LogP) is 2.71. The molecular formula is C14H19FO2. The van der Waals surface area contributed by atoms with Gasteiger partial charge in [-0.3, -0.25) is 0 Å². The maximum absolute atomic E-state index is 13.4. The molecule has 0 aromatic carbocycles. The number of carbonyl (C=O) groups is 1. The average molecular weight is 238 g/mol. The molecule has 2 atom stereocenters. The summed E-state index contributed by atoms with van der Waals surface area (Å²) in [5.41, 5.74) is -1.02. The quantitative estimate of drug-likeness (QED) is 0.707. The topological polar surface area (TPSA) is 26.3 Å². The van der Waals surface area contributed by atoms with Crippen molar-refractivity contribution in [2.24, 2.45) is 28.6 Å². The molecule has 4 aliphatic rings. The van der Waals surface area contributed by atoms with E-state index in [0.29, 0.717) is 12.0 Å². The van der Waals surface area contributed by atoms with Crippen LogP contribution in [0.25, 0.3) is 0 Å². The zero-order chi connectivity index (χ0) is 12.1. The molecular weight excluding hydrogens is 219 g/mol. The molecule has 0 radical (unpaired) electrons. The average Bonchev–Trinajstić information content (AvgIpc) is 2.10. The van der Waals surface area contributed by atoms with Gasteiger partial charge in [0.25, 0.3) is 0 Å². The molecule has 4 aliphatic carbocycles. The third kappa shape index (κ3) is 0.869. The van der Waals surface area contributed by atoms with E-state index in [9.17, 15) is 9.18 Å². The first-order valence-corrected chi connectivity index (χ1v) is 6.76. The zero-order valence-corrected chi connectivity index (χ0v) is 10.5. The van der Waals surface area contributed by atoms with Crippen LogP contribution in [-0.2, 0) is 9.53 Å². The van der Waals surface area contributed by atoms with Gasteiger partial charge < -0.3 is 4.74 Å². The summed E-state index contributed by atoms with van der Waals surface area (Å²) < 4.78 is 18.6. The van der Waals surface area contributed by atoms with Crippen LogP contribution in [0.15, 0.2) is 0 Å². The Morgan fingerprint density at radius 1 is 1.29 bits per heavy atom. The molecule has 0 aromatic rings. The number of esters is 1. The van der Waals surface area contributed by atoms with E-state index in [1.165, 1.54) is 39.5 Å². The van der Waals surface area contributed by atoms with E-state index in [1.54, 1.807) is 0 Å². The van der Waals surface area contributed by atoms with Gasteiger partial charge in [-0.1, -0.05) is 0 Å². The fraction of sp³-hybridized carbons (Fsp3) is 0.929. The second kappa shape index (κ2) is 2.55. The number of hydrogen-bond donors (Lipinski definition) is 0.